The van der Waals surface area contributed by atoms with Crippen LogP contribution < -0.4 is 0 Å². The van der Waals surface area contributed by atoms with Crippen LogP contribution in [-0.2, 0) is 6.54 Å². The second-order valence-corrected chi connectivity index (χ2v) is 5.61. The van der Waals surface area contributed by atoms with Crippen LogP contribution in [0.5, 0.6) is 0 Å². The smallest absolute Gasteiger partial charge is 0.335 e. The highest BCUT2D eigenvalue weighted by molar-refractivity contribution is 14.1. The van der Waals surface area contributed by atoms with Gasteiger partial charge in [-0.15, -0.1) is 0 Å². The van der Waals surface area contributed by atoms with E-state index in [1.165, 1.54) is 24.8 Å². The summed E-state index contributed by atoms with van der Waals surface area (Å²) in [7, 11) is 0. The summed E-state index contributed by atoms with van der Waals surface area (Å²) in [5, 5.41) is 8.91. The Morgan fingerprint density at radius 3 is 2.59 bits per heavy atom. The maximum atomic E-state index is 10.8. The van der Waals surface area contributed by atoms with Gasteiger partial charge in [-0.3, -0.25) is 4.90 Å². The molecule has 3 nitrogen and oxygen atoms in total. The predicted octanol–water partition coefficient (Wildman–Crippen LogP) is 2.98. The predicted molar refractivity (Wildman–Crippen MR) is 75.2 cm³/mol. The van der Waals surface area contributed by atoms with Gasteiger partial charge in [0.15, 0.2) is 0 Å². The Balaban J connectivity index is 2.08. The summed E-state index contributed by atoms with van der Waals surface area (Å²) >= 11 is 2.23. The highest BCUT2D eigenvalue weighted by Gasteiger charge is 2.13. The Hall–Kier alpha value is -0.620. The third-order valence-corrected chi connectivity index (χ3v) is 4.15. The molecule has 0 bridgehead atoms. The molecular formula is C13H16INO2. The van der Waals surface area contributed by atoms with E-state index in [1.807, 2.05) is 6.07 Å². The molecule has 0 aromatic heterocycles. The molecule has 0 spiro atoms. The summed E-state index contributed by atoms with van der Waals surface area (Å²) in [5.41, 5.74) is 1.61. The second kappa shape index (κ2) is 5.82. The van der Waals surface area contributed by atoms with Gasteiger partial charge in [-0.25, -0.2) is 4.79 Å². The summed E-state index contributed by atoms with van der Waals surface area (Å²) < 4.78 is 1.05. The van der Waals surface area contributed by atoms with Crippen LogP contribution in [0.15, 0.2) is 18.2 Å². The molecule has 1 aliphatic rings. The van der Waals surface area contributed by atoms with Gasteiger partial charge in [-0.1, -0.05) is 12.5 Å². The number of carboxylic acid groups (broad SMARTS) is 1. The summed E-state index contributed by atoms with van der Waals surface area (Å²) in [6.07, 6.45) is 3.90. The van der Waals surface area contributed by atoms with Crippen molar-refractivity contribution < 1.29 is 9.90 Å². The van der Waals surface area contributed by atoms with Gasteiger partial charge >= 0.3 is 5.97 Å². The van der Waals surface area contributed by atoms with Crippen LogP contribution in [-0.4, -0.2) is 29.1 Å². The van der Waals surface area contributed by atoms with Gasteiger partial charge < -0.3 is 5.11 Å². The molecular weight excluding hydrogens is 329 g/mol. The molecule has 17 heavy (non-hydrogen) atoms. The Morgan fingerprint density at radius 1 is 1.29 bits per heavy atom. The number of nitrogens with zero attached hydrogens (tertiary/aromatic N) is 1. The van der Waals surface area contributed by atoms with Crippen LogP contribution in [0.25, 0.3) is 0 Å². The molecule has 0 radical (unpaired) electrons. The van der Waals surface area contributed by atoms with E-state index in [1.54, 1.807) is 12.1 Å². The first-order valence-electron chi connectivity index (χ1n) is 5.91. The lowest BCUT2D eigenvalue weighted by atomic mass is 10.1. The highest BCUT2D eigenvalue weighted by Crippen LogP contribution is 2.19. The van der Waals surface area contributed by atoms with Crippen LogP contribution in [0, 0.1) is 3.57 Å². The van der Waals surface area contributed by atoms with Crippen LogP contribution >= 0.6 is 22.6 Å². The van der Waals surface area contributed by atoms with Crippen LogP contribution in [0.1, 0.15) is 35.2 Å². The molecule has 1 aromatic carbocycles. The van der Waals surface area contributed by atoms with Gasteiger partial charge in [0.2, 0.25) is 0 Å². The summed E-state index contributed by atoms with van der Waals surface area (Å²) in [6.45, 7) is 3.27. The van der Waals surface area contributed by atoms with Crippen molar-refractivity contribution in [3.05, 3.63) is 32.9 Å². The molecule has 0 aliphatic carbocycles. The molecule has 0 atom stereocenters. The fourth-order valence-corrected chi connectivity index (χ4v) is 2.85. The summed E-state index contributed by atoms with van der Waals surface area (Å²) in [5.74, 6) is -0.854. The Labute approximate surface area is 115 Å². The molecule has 1 aromatic rings. The van der Waals surface area contributed by atoms with E-state index in [9.17, 15) is 4.79 Å². The number of benzene rings is 1. The molecule has 1 N–H and O–H groups in total. The zero-order chi connectivity index (χ0) is 12.3. The fourth-order valence-electron chi connectivity index (χ4n) is 2.17. The van der Waals surface area contributed by atoms with Gasteiger partial charge in [0.05, 0.1) is 5.56 Å². The number of carboxylic acids is 1. The number of likely N-dealkylation sites (tertiary alicyclic amines) is 1. The SMILES string of the molecule is O=C(O)c1ccc(CN2CCCCC2)c(I)c1. The third kappa shape index (κ3) is 3.42. The minimum absolute atomic E-state index is 0.372. The largest absolute Gasteiger partial charge is 0.478 e. The first-order chi connectivity index (χ1) is 8.16. The van der Waals surface area contributed by atoms with Crippen molar-refractivity contribution in [2.75, 3.05) is 13.1 Å². The lowest BCUT2D eigenvalue weighted by molar-refractivity contribution is 0.0697. The normalized spacial score (nSPS) is 17.0. The second-order valence-electron chi connectivity index (χ2n) is 4.45. The molecule has 92 valence electrons. The minimum atomic E-state index is -0.854. The van der Waals surface area contributed by atoms with Crippen LogP contribution in [0.3, 0.4) is 0 Å². The van der Waals surface area contributed by atoms with Crippen LogP contribution in [0.4, 0.5) is 0 Å². The number of piperidine rings is 1. The first kappa shape index (κ1) is 12.8. The quantitative estimate of drug-likeness (QED) is 0.857. The fraction of sp³-hybridized carbons (Fsp3) is 0.462. The standard InChI is InChI=1S/C13H16INO2/c14-12-8-10(13(16)17)4-5-11(12)9-15-6-2-1-3-7-15/h4-5,8H,1-3,6-7,9H2,(H,16,17). The van der Waals surface area contributed by atoms with E-state index in [-0.39, 0.29) is 0 Å². The molecule has 0 amide bonds. The molecule has 4 heteroatoms. The molecule has 1 fully saturated rings. The molecule has 1 heterocycles. The Kier molecular flexibility index (Phi) is 4.39. The van der Waals surface area contributed by atoms with Crippen molar-refractivity contribution in [1.29, 1.82) is 0 Å². The minimum Gasteiger partial charge on any atom is -0.478 e. The van der Waals surface area contributed by atoms with E-state index in [2.05, 4.69) is 27.5 Å². The Morgan fingerprint density at radius 2 is 2.00 bits per heavy atom. The molecule has 2 rings (SSSR count). The maximum Gasteiger partial charge on any atom is 0.335 e. The van der Waals surface area contributed by atoms with Crippen molar-refractivity contribution >= 4 is 28.6 Å². The van der Waals surface area contributed by atoms with E-state index in [4.69, 9.17) is 5.11 Å². The number of hydrogen-bond donors (Lipinski definition) is 1. The Bertz CT molecular complexity index is 414. The van der Waals surface area contributed by atoms with E-state index in [0.29, 0.717) is 5.56 Å². The molecule has 1 saturated heterocycles. The number of halogens is 1. The highest BCUT2D eigenvalue weighted by atomic mass is 127. The average molecular weight is 345 g/mol. The van der Waals surface area contributed by atoms with Crippen molar-refractivity contribution in [3.8, 4) is 0 Å². The average Bonchev–Trinajstić information content (AvgIpc) is 2.33. The van der Waals surface area contributed by atoms with Gasteiger partial charge in [0, 0.05) is 10.1 Å². The number of carbonyl (C=O) groups is 1. The van der Waals surface area contributed by atoms with Gasteiger partial charge in [-0.2, -0.15) is 0 Å². The summed E-state index contributed by atoms with van der Waals surface area (Å²) in [4.78, 5) is 13.3. The zero-order valence-electron chi connectivity index (χ0n) is 9.66. The third-order valence-electron chi connectivity index (χ3n) is 3.14. The number of rotatable bonds is 3. The van der Waals surface area contributed by atoms with Gasteiger partial charge in [-0.05, 0) is 66.2 Å². The zero-order valence-corrected chi connectivity index (χ0v) is 11.8. The lowest BCUT2D eigenvalue weighted by Gasteiger charge is -2.26. The van der Waals surface area contributed by atoms with E-state index >= 15 is 0 Å². The van der Waals surface area contributed by atoms with Crippen molar-refractivity contribution in [2.45, 2.75) is 25.8 Å². The van der Waals surface area contributed by atoms with Crippen molar-refractivity contribution in [3.63, 3.8) is 0 Å². The molecule has 0 unspecified atom stereocenters. The van der Waals surface area contributed by atoms with Gasteiger partial charge in [0.25, 0.3) is 0 Å². The van der Waals surface area contributed by atoms with Gasteiger partial charge in [0.1, 0.15) is 0 Å². The lowest BCUT2D eigenvalue weighted by Crippen LogP contribution is -2.29. The molecule has 0 saturated carbocycles. The first-order valence-corrected chi connectivity index (χ1v) is 6.99. The number of aromatic carboxylic acids is 1. The van der Waals surface area contributed by atoms with Crippen molar-refractivity contribution in [1.82, 2.24) is 4.90 Å². The van der Waals surface area contributed by atoms with E-state index < -0.39 is 5.97 Å². The van der Waals surface area contributed by atoms with Crippen molar-refractivity contribution in [2.24, 2.45) is 0 Å². The maximum absolute atomic E-state index is 10.8. The summed E-state index contributed by atoms with van der Waals surface area (Å²) in [6, 6.07) is 5.39. The van der Waals surface area contributed by atoms with Crippen LogP contribution in [0.2, 0.25) is 0 Å². The molecule has 1 aliphatic heterocycles. The topological polar surface area (TPSA) is 40.5 Å². The monoisotopic (exact) mass is 345 g/mol. The van der Waals surface area contributed by atoms with E-state index in [0.717, 1.165) is 23.2 Å². The number of hydrogen-bond acceptors (Lipinski definition) is 2.